The van der Waals surface area contributed by atoms with Crippen LogP contribution in [0, 0.1) is 0 Å². The number of carbonyl (C=O) groups excluding carboxylic acids is 2. The summed E-state index contributed by atoms with van der Waals surface area (Å²) < 4.78 is 4.91. The van der Waals surface area contributed by atoms with Gasteiger partial charge in [0.1, 0.15) is 0 Å². The lowest BCUT2D eigenvalue weighted by molar-refractivity contribution is -0.141. The highest BCUT2D eigenvalue weighted by molar-refractivity contribution is 5.97. The van der Waals surface area contributed by atoms with Crippen LogP contribution in [0.2, 0.25) is 0 Å². The van der Waals surface area contributed by atoms with Gasteiger partial charge in [-0.2, -0.15) is 0 Å². The molecule has 0 saturated heterocycles. The fourth-order valence-electron chi connectivity index (χ4n) is 2.14. The third kappa shape index (κ3) is 3.17. The lowest BCUT2D eigenvalue weighted by Crippen LogP contribution is -2.40. The van der Waals surface area contributed by atoms with Gasteiger partial charge in [0.05, 0.1) is 25.1 Å². The number of carbonyl (C=O) groups is 2. The number of hydrogen-bond acceptors (Lipinski definition) is 4. The summed E-state index contributed by atoms with van der Waals surface area (Å²) in [6.45, 7) is 2.76. The fraction of sp³-hybridized carbons (Fsp3) is 0.333. The molecule has 5 heteroatoms. The maximum absolute atomic E-state index is 12.1. The third-order valence-electron chi connectivity index (χ3n) is 3.17. The van der Waals surface area contributed by atoms with Gasteiger partial charge in [-0.3, -0.25) is 4.79 Å². The van der Waals surface area contributed by atoms with E-state index in [0.717, 1.165) is 5.56 Å². The zero-order valence-electron chi connectivity index (χ0n) is 11.5. The van der Waals surface area contributed by atoms with Crippen LogP contribution < -0.4 is 5.73 Å². The summed E-state index contributed by atoms with van der Waals surface area (Å²) in [6.07, 6.45) is 0.0114. The summed E-state index contributed by atoms with van der Waals surface area (Å²) in [5, 5.41) is 0. The van der Waals surface area contributed by atoms with Crippen molar-refractivity contribution < 1.29 is 14.3 Å². The number of hydrogen-bond donors (Lipinski definition) is 1. The van der Waals surface area contributed by atoms with Gasteiger partial charge in [-0.1, -0.05) is 30.3 Å². The van der Waals surface area contributed by atoms with Crippen LogP contribution in [0.5, 0.6) is 0 Å². The molecule has 2 rings (SSSR count). The standard InChI is InChI=1S/C15H18N2O3/c1-2-20-15(19)12-8-14(18)17(10-13(12)16)9-11-6-4-3-5-7-11/h3-7H,2,8-10,16H2,1H3. The second kappa shape index (κ2) is 6.23. The van der Waals surface area contributed by atoms with Crippen molar-refractivity contribution >= 4 is 11.9 Å². The van der Waals surface area contributed by atoms with Crippen LogP contribution in [0.4, 0.5) is 0 Å². The molecule has 1 aromatic rings. The number of esters is 1. The molecule has 0 radical (unpaired) electrons. The Morgan fingerprint density at radius 3 is 2.70 bits per heavy atom. The molecule has 1 heterocycles. The van der Waals surface area contributed by atoms with Gasteiger partial charge < -0.3 is 15.4 Å². The largest absolute Gasteiger partial charge is 0.463 e. The number of ether oxygens (including phenoxy) is 1. The number of benzene rings is 1. The fourth-order valence-corrected chi connectivity index (χ4v) is 2.14. The molecular weight excluding hydrogens is 256 g/mol. The summed E-state index contributed by atoms with van der Waals surface area (Å²) in [7, 11) is 0. The normalized spacial score (nSPS) is 15.4. The minimum atomic E-state index is -0.488. The van der Waals surface area contributed by atoms with Crippen LogP contribution in [0.3, 0.4) is 0 Å². The van der Waals surface area contributed by atoms with E-state index in [-0.39, 0.29) is 25.5 Å². The minimum absolute atomic E-state index is 0.0114. The van der Waals surface area contributed by atoms with E-state index in [2.05, 4.69) is 0 Å². The Morgan fingerprint density at radius 1 is 1.35 bits per heavy atom. The zero-order chi connectivity index (χ0) is 14.5. The summed E-state index contributed by atoms with van der Waals surface area (Å²) >= 11 is 0. The van der Waals surface area contributed by atoms with E-state index in [0.29, 0.717) is 17.8 Å². The number of rotatable bonds is 4. The zero-order valence-corrected chi connectivity index (χ0v) is 11.5. The molecule has 2 N–H and O–H groups in total. The van der Waals surface area contributed by atoms with Crippen molar-refractivity contribution in [3.05, 3.63) is 47.2 Å². The summed E-state index contributed by atoms with van der Waals surface area (Å²) in [5.41, 5.74) is 7.65. The first-order valence-corrected chi connectivity index (χ1v) is 6.58. The predicted molar refractivity (Wildman–Crippen MR) is 74.3 cm³/mol. The van der Waals surface area contributed by atoms with Crippen LogP contribution in [-0.4, -0.2) is 29.9 Å². The Morgan fingerprint density at radius 2 is 2.05 bits per heavy atom. The van der Waals surface area contributed by atoms with E-state index in [9.17, 15) is 9.59 Å². The number of nitrogens with two attached hydrogens (primary N) is 1. The molecule has 0 saturated carbocycles. The van der Waals surface area contributed by atoms with Crippen molar-refractivity contribution in [3.8, 4) is 0 Å². The Hall–Kier alpha value is -2.30. The molecule has 0 atom stereocenters. The molecule has 20 heavy (non-hydrogen) atoms. The van der Waals surface area contributed by atoms with Crippen LogP contribution in [0.15, 0.2) is 41.6 Å². The predicted octanol–water partition coefficient (Wildman–Crippen LogP) is 1.19. The van der Waals surface area contributed by atoms with Crippen LogP contribution in [0.1, 0.15) is 18.9 Å². The van der Waals surface area contributed by atoms with Crippen LogP contribution in [0.25, 0.3) is 0 Å². The van der Waals surface area contributed by atoms with Crippen molar-refractivity contribution in [1.29, 1.82) is 0 Å². The van der Waals surface area contributed by atoms with E-state index in [4.69, 9.17) is 10.5 Å². The van der Waals surface area contributed by atoms with Crippen LogP contribution >= 0.6 is 0 Å². The molecule has 1 aliphatic heterocycles. The third-order valence-corrected chi connectivity index (χ3v) is 3.17. The van der Waals surface area contributed by atoms with E-state index >= 15 is 0 Å². The molecule has 5 nitrogen and oxygen atoms in total. The first kappa shape index (κ1) is 14.1. The van der Waals surface area contributed by atoms with Crippen molar-refractivity contribution in [2.75, 3.05) is 13.2 Å². The molecule has 0 fully saturated rings. The van der Waals surface area contributed by atoms with Crippen molar-refractivity contribution in [2.24, 2.45) is 5.73 Å². The summed E-state index contributed by atoms with van der Waals surface area (Å²) in [4.78, 5) is 25.4. The van der Waals surface area contributed by atoms with Crippen molar-refractivity contribution in [2.45, 2.75) is 19.9 Å². The monoisotopic (exact) mass is 274 g/mol. The smallest absolute Gasteiger partial charge is 0.336 e. The molecule has 0 spiro atoms. The highest BCUT2D eigenvalue weighted by Crippen LogP contribution is 2.19. The van der Waals surface area contributed by atoms with E-state index in [1.54, 1.807) is 11.8 Å². The lowest BCUT2D eigenvalue weighted by atomic mass is 10.0. The molecule has 106 valence electrons. The van der Waals surface area contributed by atoms with Gasteiger partial charge in [0.25, 0.3) is 0 Å². The van der Waals surface area contributed by atoms with E-state index < -0.39 is 5.97 Å². The maximum Gasteiger partial charge on any atom is 0.336 e. The average molecular weight is 274 g/mol. The van der Waals surface area contributed by atoms with Gasteiger partial charge in [0, 0.05) is 12.2 Å². The average Bonchev–Trinajstić information content (AvgIpc) is 2.44. The first-order chi connectivity index (χ1) is 9.61. The first-order valence-electron chi connectivity index (χ1n) is 6.58. The highest BCUT2D eigenvalue weighted by Gasteiger charge is 2.28. The van der Waals surface area contributed by atoms with Gasteiger partial charge in [0.15, 0.2) is 0 Å². The second-order valence-electron chi connectivity index (χ2n) is 4.64. The molecule has 0 bridgehead atoms. The number of amides is 1. The van der Waals surface area contributed by atoms with Crippen molar-refractivity contribution in [1.82, 2.24) is 4.90 Å². The Labute approximate surface area is 118 Å². The number of nitrogens with zero attached hydrogens (tertiary/aromatic N) is 1. The molecule has 0 aromatic heterocycles. The van der Waals surface area contributed by atoms with Gasteiger partial charge in [-0.05, 0) is 12.5 Å². The quantitative estimate of drug-likeness (QED) is 0.837. The Kier molecular flexibility index (Phi) is 4.40. The van der Waals surface area contributed by atoms with Gasteiger partial charge in [0.2, 0.25) is 5.91 Å². The Bertz CT molecular complexity index is 537. The second-order valence-corrected chi connectivity index (χ2v) is 4.64. The molecular formula is C15H18N2O3. The van der Waals surface area contributed by atoms with Gasteiger partial charge >= 0.3 is 5.97 Å². The lowest BCUT2D eigenvalue weighted by Gasteiger charge is -2.28. The summed E-state index contributed by atoms with van der Waals surface area (Å²) in [5.74, 6) is -0.594. The van der Waals surface area contributed by atoms with Gasteiger partial charge in [-0.15, -0.1) is 0 Å². The van der Waals surface area contributed by atoms with Crippen molar-refractivity contribution in [3.63, 3.8) is 0 Å². The Balaban J connectivity index is 2.09. The van der Waals surface area contributed by atoms with Crippen LogP contribution in [-0.2, 0) is 20.9 Å². The molecule has 1 amide bonds. The summed E-state index contributed by atoms with van der Waals surface area (Å²) in [6, 6.07) is 9.68. The molecule has 0 aliphatic carbocycles. The minimum Gasteiger partial charge on any atom is -0.463 e. The molecule has 1 aliphatic rings. The van der Waals surface area contributed by atoms with Gasteiger partial charge in [-0.25, -0.2) is 4.79 Å². The molecule has 0 unspecified atom stereocenters. The van der Waals surface area contributed by atoms with E-state index in [1.807, 2.05) is 30.3 Å². The SMILES string of the molecule is CCOC(=O)C1=C(N)CN(Cc2ccccc2)C(=O)C1. The highest BCUT2D eigenvalue weighted by atomic mass is 16.5. The topological polar surface area (TPSA) is 72.6 Å². The maximum atomic E-state index is 12.1. The van der Waals surface area contributed by atoms with E-state index in [1.165, 1.54) is 0 Å². The molecule has 1 aromatic carbocycles.